The van der Waals surface area contributed by atoms with E-state index in [0.29, 0.717) is 25.2 Å². The van der Waals surface area contributed by atoms with Crippen molar-refractivity contribution in [1.29, 1.82) is 0 Å². The van der Waals surface area contributed by atoms with Crippen LogP contribution < -0.4 is 16.1 Å². The Morgan fingerprint density at radius 1 is 1.28 bits per heavy atom. The lowest BCUT2D eigenvalue weighted by molar-refractivity contribution is 0.0695. The van der Waals surface area contributed by atoms with Crippen LogP contribution in [0.5, 0.6) is 0 Å². The molecule has 9 heteroatoms. The van der Waals surface area contributed by atoms with Gasteiger partial charge in [-0.25, -0.2) is 18.6 Å². The zero-order chi connectivity index (χ0) is 20.9. The highest BCUT2D eigenvalue weighted by Crippen LogP contribution is 2.29. The van der Waals surface area contributed by atoms with Gasteiger partial charge in [-0.1, -0.05) is 0 Å². The first-order valence-corrected chi connectivity index (χ1v) is 9.03. The smallest absolute Gasteiger partial charge is 0.341 e. The van der Waals surface area contributed by atoms with Crippen molar-refractivity contribution in [3.05, 3.63) is 63.4 Å². The number of aromatic carboxylic acids is 1. The van der Waals surface area contributed by atoms with Crippen molar-refractivity contribution in [2.75, 3.05) is 18.0 Å². The summed E-state index contributed by atoms with van der Waals surface area (Å²) in [6.45, 7) is 2.35. The molecule has 0 radical (unpaired) electrons. The van der Waals surface area contributed by atoms with Crippen molar-refractivity contribution in [2.24, 2.45) is 5.73 Å². The number of aromatic nitrogens is 2. The molecule has 1 saturated heterocycles. The van der Waals surface area contributed by atoms with Crippen molar-refractivity contribution in [2.45, 2.75) is 19.4 Å². The van der Waals surface area contributed by atoms with E-state index in [1.165, 1.54) is 35.8 Å². The highest BCUT2D eigenvalue weighted by atomic mass is 19.1. The van der Waals surface area contributed by atoms with Gasteiger partial charge in [-0.15, -0.1) is 0 Å². The average Bonchev–Trinajstić information content (AvgIpc) is 3.11. The van der Waals surface area contributed by atoms with Crippen LogP contribution in [-0.2, 0) is 0 Å². The number of benzene rings is 1. The van der Waals surface area contributed by atoms with E-state index < -0.39 is 28.6 Å². The van der Waals surface area contributed by atoms with E-state index in [2.05, 4.69) is 4.98 Å². The van der Waals surface area contributed by atoms with Gasteiger partial charge in [0, 0.05) is 36.6 Å². The number of hydrogen-bond acceptors (Lipinski definition) is 5. The fourth-order valence-electron chi connectivity index (χ4n) is 3.62. The molecule has 7 nitrogen and oxygen atoms in total. The quantitative estimate of drug-likeness (QED) is 0.699. The van der Waals surface area contributed by atoms with Crippen molar-refractivity contribution in [1.82, 2.24) is 9.55 Å². The molecule has 3 N–H and O–H groups in total. The summed E-state index contributed by atoms with van der Waals surface area (Å²) in [6, 6.07) is 5.15. The van der Waals surface area contributed by atoms with Gasteiger partial charge in [0.15, 0.2) is 17.3 Å². The molecule has 3 aromatic rings. The molecule has 0 spiro atoms. The number of fused-ring (bicyclic) bond motifs is 1. The zero-order valence-electron chi connectivity index (χ0n) is 15.5. The third-order valence-corrected chi connectivity index (χ3v) is 5.15. The molecule has 1 aliphatic rings. The number of carbonyl (C=O) groups is 1. The molecule has 1 fully saturated rings. The van der Waals surface area contributed by atoms with Crippen LogP contribution in [0.1, 0.15) is 22.3 Å². The number of anilines is 1. The molecular weight excluding hydrogens is 382 g/mol. The Kier molecular flexibility index (Phi) is 4.54. The summed E-state index contributed by atoms with van der Waals surface area (Å²) < 4.78 is 29.9. The standard InChI is InChI=1S/C20H18F2N4O3/c1-10-15-17(27)14(20(28)29)9-26(13-4-2-11(21)3-5-13)18(15)24-19(16(10)22)25-7-6-12(23)8-25/h2-5,9,12H,6-8,23H2,1H3,(H,28,29)/t12-/m0/s1. The van der Waals surface area contributed by atoms with Crippen LogP contribution in [-0.4, -0.2) is 39.8 Å². The number of carboxylic acid groups (broad SMARTS) is 1. The van der Waals surface area contributed by atoms with Crippen molar-refractivity contribution < 1.29 is 18.7 Å². The van der Waals surface area contributed by atoms with Gasteiger partial charge in [-0.05, 0) is 37.6 Å². The van der Waals surface area contributed by atoms with E-state index in [9.17, 15) is 19.1 Å². The van der Waals surface area contributed by atoms with Crippen LogP contribution in [0.2, 0.25) is 0 Å². The minimum atomic E-state index is -1.44. The van der Waals surface area contributed by atoms with Crippen LogP contribution in [0.3, 0.4) is 0 Å². The Balaban J connectivity index is 2.08. The molecule has 3 heterocycles. The molecule has 0 amide bonds. The summed E-state index contributed by atoms with van der Waals surface area (Å²) in [5.74, 6) is -2.54. The number of hydrogen-bond donors (Lipinski definition) is 2. The molecule has 4 rings (SSSR count). The summed E-state index contributed by atoms with van der Waals surface area (Å²) in [5, 5.41) is 9.32. The molecule has 150 valence electrons. The van der Waals surface area contributed by atoms with Gasteiger partial charge >= 0.3 is 5.97 Å². The van der Waals surface area contributed by atoms with Crippen molar-refractivity contribution in [3.8, 4) is 5.69 Å². The predicted molar refractivity (Wildman–Crippen MR) is 104 cm³/mol. The summed E-state index contributed by atoms with van der Waals surface area (Å²) in [4.78, 5) is 30.5. The van der Waals surface area contributed by atoms with E-state index in [-0.39, 0.29) is 28.5 Å². The first-order valence-electron chi connectivity index (χ1n) is 9.03. The van der Waals surface area contributed by atoms with Crippen LogP contribution in [0, 0.1) is 18.6 Å². The van der Waals surface area contributed by atoms with Gasteiger partial charge in [-0.3, -0.25) is 4.79 Å². The first-order chi connectivity index (χ1) is 13.8. The lowest BCUT2D eigenvalue weighted by Crippen LogP contribution is -2.28. The van der Waals surface area contributed by atoms with E-state index in [1.54, 1.807) is 4.90 Å². The molecule has 1 atom stereocenters. The second-order valence-electron chi connectivity index (χ2n) is 7.09. The van der Waals surface area contributed by atoms with E-state index in [0.717, 1.165) is 6.20 Å². The minimum Gasteiger partial charge on any atom is -0.477 e. The SMILES string of the molecule is Cc1c(F)c(N2CC[C@H](N)C2)nc2c1c(=O)c(C(=O)O)cn2-c1ccc(F)cc1. The van der Waals surface area contributed by atoms with Gasteiger partial charge in [0.1, 0.15) is 11.4 Å². The number of nitrogens with zero attached hydrogens (tertiary/aromatic N) is 3. The molecule has 29 heavy (non-hydrogen) atoms. The first kappa shape index (κ1) is 19.0. The van der Waals surface area contributed by atoms with Gasteiger partial charge in [0.2, 0.25) is 5.43 Å². The topological polar surface area (TPSA) is 101 Å². The molecular formula is C20H18F2N4O3. The second kappa shape index (κ2) is 6.93. The predicted octanol–water partition coefficient (Wildman–Crippen LogP) is 2.21. The van der Waals surface area contributed by atoms with E-state index in [1.807, 2.05) is 0 Å². The minimum absolute atomic E-state index is 0.00873. The van der Waals surface area contributed by atoms with Crippen molar-refractivity contribution in [3.63, 3.8) is 0 Å². The lowest BCUT2D eigenvalue weighted by atomic mass is 10.1. The third-order valence-electron chi connectivity index (χ3n) is 5.15. The van der Waals surface area contributed by atoms with Gasteiger partial charge in [0.25, 0.3) is 0 Å². The summed E-state index contributed by atoms with van der Waals surface area (Å²) in [7, 11) is 0. The van der Waals surface area contributed by atoms with Crippen molar-refractivity contribution >= 4 is 22.8 Å². The van der Waals surface area contributed by atoms with Gasteiger partial charge in [0.05, 0.1) is 5.39 Å². The fraction of sp³-hybridized carbons (Fsp3) is 0.250. The maximum Gasteiger partial charge on any atom is 0.341 e. The Hall–Kier alpha value is -3.33. The van der Waals surface area contributed by atoms with Crippen LogP contribution in [0.15, 0.2) is 35.3 Å². The van der Waals surface area contributed by atoms with E-state index in [4.69, 9.17) is 5.73 Å². The molecule has 1 aromatic carbocycles. The summed E-state index contributed by atoms with van der Waals surface area (Å²) in [5.41, 5.74) is 5.08. The van der Waals surface area contributed by atoms with Gasteiger partial charge < -0.3 is 20.3 Å². The number of carboxylic acids is 1. The number of pyridine rings is 2. The van der Waals surface area contributed by atoms with Crippen LogP contribution in [0.4, 0.5) is 14.6 Å². The maximum atomic E-state index is 15.1. The Bertz CT molecular complexity index is 1190. The summed E-state index contributed by atoms with van der Waals surface area (Å²) in [6.07, 6.45) is 1.81. The number of nitrogens with two attached hydrogens (primary N) is 1. The molecule has 0 saturated carbocycles. The molecule has 0 aliphatic carbocycles. The maximum absolute atomic E-state index is 15.1. The second-order valence-corrected chi connectivity index (χ2v) is 7.09. The van der Waals surface area contributed by atoms with Crippen LogP contribution >= 0.6 is 0 Å². The monoisotopic (exact) mass is 400 g/mol. The fourth-order valence-corrected chi connectivity index (χ4v) is 3.62. The average molecular weight is 400 g/mol. The Morgan fingerprint density at radius 2 is 1.97 bits per heavy atom. The normalized spacial score (nSPS) is 16.6. The van der Waals surface area contributed by atoms with Crippen LogP contribution in [0.25, 0.3) is 16.7 Å². The summed E-state index contributed by atoms with van der Waals surface area (Å²) >= 11 is 0. The Labute approximate surface area is 164 Å². The largest absolute Gasteiger partial charge is 0.477 e. The number of rotatable bonds is 3. The third kappa shape index (κ3) is 3.13. The molecule has 0 unspecified atom stereocenters. The Morgan fingerprint density at radius 3 is 2.55 bits per heavy atom. The zero-order valence-corrected chi connectivity index (χ0v) is 15.5. The van der Waals surface area contributed by atoms with E-state index >= 15 is 4.39 Å². The highest BCUT2D eigenvalue weighted by Gasteiger charge is 2.27. The van der Waals surface area contributed by atoms with Gasteiger partial charge in [-0.2, -0.15) is 0 Å². The molecule has 0 bridgehead atoms. The molecule has 2 aromatic heterocycles. The number of aryl methyl sites for hydroxylation is 1. The lowest BCUT2D eigenvalue weighted by Gasteiger charge is -2.21. The number of halogens is 2. The molecule has 1 aliphatic heterocycles. The highest BCUT2D eigenvalue weighted by molar-refractivity contribution is 5.93.